The van der Waals surface area contributed by atoms with Crippen LogP contribution in [0, 0.1) is 0 Å². The molecule has 0 bridgehead atoms. The van der Waals surface area contributed by atoms with Crippen molar-refractivity contribution in [2.24, 2.45) is 0 Å². The molecule has 0 N–H and O–H groups in total. The van der Waals surface area contributed by atoms with Gasteiger partial charge in [0.15, 0.2) is 0 Å². The Labute approximate surface area is 148 Å². The van der Waals surface area contributed by atoms with Crippen LogP contribution < -0.4 is 9.80 Å². The van der Waals surface area contributed by atoms with Crippen molar-refractivity contribution in [1.29, 1.82) is 0 Å². The summed E-state index contributed by atoms with van der Waals surface area (Å²) in [5.41, 5.74) is 1.74. The van der Waals surface area contributed by atoms with Gasteiger partial charge in [0.1, 0.15) is 6.54 Å². The standard InChI is InChI=1S/C18H25N3O4/c1-15(22)21(14-18(23)20-8-12-25-13-9-20)17-5-3-2-4-16(17)19-6-10-24-11-7-19/h2-5H,6-14H2,1H3. The molecule has 3 rings (SSSR count). The summed E-state index contributed by atoms with van der Waals surface area (Å²) < 4.78 is 10.7. The average molecular weight is 347 g/mol. The van der Waals surface area contributed by atoms with Crippen LogP contribution >= 0.6 is 0 Å². The van der Waals surface area contributed by atoms with Crippen molar-refractivity contribution >= 4 is 23.2 Å². The van der Waals surface area contributed by atoms with Crippen molar-refractivity contribution in [2.45, 2.75) is 6.92 Å². The van der Waals surface area contributed by atoms with Crippen LogP contribution in [0.5, 0.6) is 0 Å². The first-order valence-electron chi connectivity index (χ1n) is 8.72. The molecule has 0 radical (unpaired) electrons. The molecule has 2 fully saturated rings. The van der Waals surface area contributed by atoms with E-state index in [0.29, 0.717) is 39.5 Å². The van der Waals surface area contributed by atoms with E-state index in [-0.39, 0.29) is 18.4 Å². The molecule has 0 aliphatic carbocycles. The zero-order chi connectivity index (χ0) is 17.6. The second kappa shape index (κ2) is 8.31. The van der Waals surface area contributed by atoms with Crippen LogP contribution in [0.1, 0.15) is 6.92 Å². The number of hydrogen-bond donors (Lipinski definition) is 0. The van der Waals surface area contributed by atoms with Crippen LogP contribution in [-0.2, 0) is 19.1 Å². The normalized spacial score (nSPS) is 18.1. The first-order chi connectivity index (χ1) is 12.2. The lowest BCUT2D eigenvalue weighted by Gasteiger charge is -2.34. The minimum absolute atomic E-state index is 0.0460. The molecule has 7 nitrogen and oxygen atoms in total. The maximum Gasteiger partial charge on any atom is 0.242 e. The van der Waals surface area contributed by atoms with Crippen LogP contribution in [-0.4, -0.2) is 75.9 Å². The SMILES string of the molecule is CC(=O)N(CC(=O)N1CCOCC1)c1ccccc1N1CCOCC1. The van der Waals surface area contributed by atoms with Gasteiger partial charge in [0, 0.05) is 33.1 Å². The molecule has 0 unspecified atom stereocenters. The van der Waals surface area contributed by atoms with Crippen molar-refractivity contribution in [3.05, 3.63) is 24.3 Å². The molecule has 0 spiro atoms. The molecule has 1 aromatic rings. The highest BCUT2D eigenvalue weighted by Gasteiger charge is 2.25. The minimum atomic E-state index is -0.137. The molecule has 0 saturated carbocycles. The van der Waals surface area contributed by atoms with E-state index < -0.39 is 0 Å². The van der Waals surface area contributed by atoms with E-state index in [1.165, 1.54) is 6.92 Å². The maximum absolute atomic E-state index is 12.6. The van der Waals surface area contributed by atoms with Crippen molar-refractivity contribution < 1.29 is 19.1 Å². The predicted octanol–water partition coefficient (Wildman–Crippen LogP) is 0.735. The topological polar surface area (TPSA) is 62.3 Å². The summed E-state index contributed by atoms with van der Waals surface area (Å²) >= 11 is 0. The molecule has 0 atom stereocenters. The molecule has 0 aromatic heterocycles. The van der Waals surface area contributed by atoms with Gasteiger partial charge in [0.2, 0.25) is 11.8 Å². The van der Waals surface area contributed by atoms with Crippen LogP contribution in [0.15, 0.2) is 24.3 Å². The summed E-state index contributed by atoms with van der Waals surface area (Å²) in [4.78, 5) is 30.4. The Morgan fingerprint density at radius 2 is 1.60 bits per heavy atom. The summed E-state index contributed by atoms with van der Waals surface area (Å²) in [5.74, 6) is -0.183. The number of carbonyl (C=O) groups is 2. The van der Waals surface area contributed by atoms with E-state index in [1.54, 1.807) is 9.80 Å². The first kappa shape index (κ1) is 17.7. The summed E-state index contributed by atoms with van der Waals surface area (Å²) in [5, 5.41) is 0. The monoisotopic (exact) mass is 347 g/mol. The Kier molecular flexibility index (Phi) is 5.88. The third-order valence-corrected chi connectivity index (χ3v) is 4.56. The van der Waals surface area contributed by atoms with E-state index in [4.69, 9.17) is 9.47 Å². The number of para-hydroxylation sites is 2. The quantitative estimate of drug-likeness (QED) is 0.804. The van der Waals surface area contributed by atoms with Crippen LogP contribution in [0.3, 0.4) is 0 Å². The van der Waals surface area contributed by atoms with Gasteiger partial charge in [-0.2, -0.15) is 0 Å². The fourth-order valence-electron chi connectivity index (χ4n) is 3.18. The van der Waals surface area contributed by atoms with Crippen LogP contribution in [0.2, 0.25) is 0 Å². The van der Waals surface area contributed by atoms with Gasteiger partial charge in [0.25, 0.3) is 0 Å². The number of benzene rings is 1. The summed E-state index contributed by atoms with van der Waals surface area (Å²) in [6.07, 6.45) is 0. The van der Waals surface area contributed by atoms with Crippen molar-refractivity contribution in [3.8, 4) is 0 Å². The van der Waals surface area contributed by atoms with Crippen molar-refractivity contribution in [1.82, 2.24) is 4.90 Å². The second-order valence-electron chi connectivity index (χ2n) is 6.19. The molecular weight excluding hydrogens is 322 g/mol. The van der Waals surface area contributed by atoms with Gasteiger partial charge >= 0.3 is 0 Å². The van der Waals surface area contributed by atoms with Gasteiger partial charge < -0.3 is 24.2 Å². The molecule has 2 aliphatic heterocycles. The molecule has 2 heterocycles. The number of morpholine rings is 2. The number of anilines is 2. The van der Waals surface area contributed by atoms with Gasteiger partial charge in [-0.3, -0.25) is 9.59 Å². The van der Waals surface area contributed by atoms with Gasteiger partial charge in [-0.25, -0.2) is 0 Å². The van der Waals surface area contributed by atoms with E-state index >= 15 is 0 Å². The highest BCUT2D eigenvalue weighted by atomic mass is 16.5. The summed E-state index contributed by atoms with van der Waals surface area (Å²) in [6, 6.07) is 7.75. The molecular formula is C18H25N3O4. The predicted molar refractivity (Wildman–Crippen MR) is 94.9 cm³/mol. The van der Waals surface area contributed by atoms with Gasteiger partial charge in [-0.05, 0) is 12.1 Å². The summed E-state index contributed by atoms with van der Waals surface area (Å²) in [7, 11) is 0. The molecule has 2 amide bonds. The Hall–Kier alpha value is -2.12. The first-order valence-corrected chi connectivity index (χ1v) is 8.72. The maximum atomic E-state index is 12.6. The number of amides is 2. The molecule has 136 valence electrons. The number of ether oxygens (including phenoxy) is 2. The van der Waals surface area contributed by atoms with E-state index in [9.17, 15) is 9.59 Å². The van der Waals surface area contributed by atoms with E-state index in [0.717, 1.165) is 24.5 Å². The molecule has 2 aliphatic rings. The minimum Gasteiger partial charge on any atom is -0.378 e. The fourth-order valence-corrected chi connectivity index (χ4v) is 3.18. The van der Waals surface area contributed by atoms with Crippen LogP contribution in [0.4, 0.5) is 11.4 Å². The number of hydrogen-bond acceptors (Lipinski definition) is 5. The molecule has 1 aromatic carbocycles. The van der Waals surface area contributed by atoms with E-state index in [2.05, 4.69) is 4.90 Å². The Balaban J connectivity index is 1.80. The van der Waals surface area contributed by atoms with Crippen molar-refractivity contribution in [3.63, 3.8) is 0 Å². The average Bonchev–Trinajstić information content (AvgIpc) is 2.67. The molecule has 25 heavy (non-hydrogen) atoms. The Morgan fingerprint density at radius 1 is 1.00 bits per heavy atom. The molecule has 7 heteroatoms. The van der Waals surface area contributed by atoms with Gasteiger partial charge in [0.05, 0.1) is 37.8 Å². The summed E-state index contributed by atoms with van der Waals surface area (Å²) in [6.45, 7) is 6.71. The lowest BCUT2D eigenvalue weighted by atomic mass is 10.2. The molecule has 2 saturated heterocycles. The Bertz CT molecular complexity index is 610. The largest absolute Gasteiger partial charge is 0.378 e. The number of nitrogens with zero attached hydrogens (tertiary/aromatic N) is 3. The Morgan fingerprint density at radius 3 is 2.24 bits per heavy atom. The zero-order valence-electron chi connectivity index (χ0n) is 14.6. The highest BCUT2D eigenvalue weighted by Crippen LogP contribution is 2.30. The second-order valence-corrected chi connectivity index (χ2v) is 6.19. The highest BCUT2D eigenvalue weighted by molar-refractivity contribution is 6.00. The lowest BCUT2D eigenvalue weighted by molar-refractivity contribution is -0.134. The van der Waals surface area contributed by atoms with E-state index in [1.807, 2.05) is 24.3 Å². The fraction of sp³-hybridized carbons (Fsp3) is 0.556. The van der Waals surface area contributed by atoms with Gasteiger partial charge in [-0.15, -0.1) is 0 Å². The third kappa shape index (κ3) is 4.29. The third-order valence-electron chi connectivity index (χ3n) is 4.56. The number of carbonyl (C=O) groups excluding carboxylic acids is 2. The smallest absolute Gasteiger partial charge is 0.242 e. The van der Waals surface area contributed by atoms with Crippen LogP contribution in [0.25, 0.3) is 0 Å². The number of rotatable bonds is 4. The zero-order valence-corrected chi connectivity index (χ0v) is 14.6. The van der Waals surface area contributed by atoms with Crippen molar-refractivity contribution in [2.75, 3.05) is 69.0 Å². The van der Waals surface area contributed by atoms with Gasteiger partial charge in [-0.1, -0.05) is 12.1 Å². The lowest BCUT2D eigenvalue weighted by Crippen LogP contribution is -2.47.